The second-order valence-corrected chi connectivity index (χ2v) is 11.7. The van der Waals surface area contributed by atoms with Crippen LogP contribution in [0.3, 0.4) is 0 Å². The Morgan fingerprint density at radius 1 is 1.00 bits per heavy atom. The first-order chi connectivity index (χ1) is 20.4. The van der Waals surface area contributed by atoms with Crippen molar-refractivity contribution in [1.82, 2.24) is 10.2 Å². The van der Waals surface area contributed by atoms with Gasteiger partial charge in [0, 0.05) is 11.3 Å². The number of aromatic nitrogens is 2. The van der Waals surface area contributed by atoms with Crippen LogP contribution in [0.2, 0.25) is 0 Å². The number of anilines is 1. The van der Waals surface area contributed by atoms with E-state index in [9.17, 15) is 23.5 Å². The quantitative estimate of drug-likeness (QED) is 0.0478. The van der Waals surface area contributed by atoms with Crippen LogP contribution in [0.5, 0.6) is 5.75 Å². The molecule has 4 aromatic rings. The van der Waals surface area contributed by atoms with Gasteiger partial charge in [0.25, 0.3) is 5.78 Å². The fourth-order valence-corrected chi connectivity index (χ4v) is 6.33. The minimum Gasteiger partial charge on any atom is -0.507 e. The third-order valence-corrected chi connectivity index (χ3v) is 8.76. The standard InChI is InChI=1S/C31H27F2N3O4S2/c1-2-3-4-16-40-24-7-5-6-21(17-24)26-25(27(37)20-10-14-23(33)15-11-20)28(38)29(39)36(26)30-34-35-31(42-30)41-18-19-8-12-22(32)13-9-19/h5-15,17,26,37H,2-4,16,18H2,1H3/b27-25+. The van der Waals surface area contributed by atoms with E-state index in [0.717, 1.165) is 36.2 Å². The van der Waals surface area contributed by atoms with E-state index in [1.807, 2.05) is 0 Å². The number of hydrogen-bond donors (Lipinski definition) is 1. The topological polar surface area (TPSA) is 92.6 Å². The average Bonchev–Trinajstić information content (AvgIpc) is 3.57. The number of amides is 1. The van der Waals surface area contributed by atoms with E-state index in [-0.39, 0.29) is 22.1 Å². The molecule has 7 nitrogen and oxygen atoms in total. The molecule has 1 amide bonds. The van der Waals surface area contributed by atoms with Crippen molar-refractivity contribution in [2.24, 2.45) is 0 Å². The molecular formula is C31H27F2N3O4S2. The van der Waals surface area contributed by atoms with Crippen molar-refractivity contribution in [3.63, 3.8) is 0 Å². The molecule has 1 fully saturated rings. The zero-order chi connectivity index (χ0) is 29.6. The van der Waals surface area contributed by atoms with Crippen molar-refractivity contribution < 1.29 is 28.2 Å². The molecule has 0 spiro atoms. The first-order valence-corrected chi connectivity index (χ1v) is 15.2. The number of nitrogens with zero attached hydrogens (tertiary/aromatic N) is 3. The van der Waals surface area contributed by atoms with E-state index in [0.29, 0.717) is 28.0 Å². The molecule has 11 heteroatoms. The Bertz CT molecular complexity index is 1610. The summed E-state index contributed by atoms with van der Waals surface area (Å²) in [6.45, 7) is 2.61. The van der Waals surface area contributed by atoms with Gasteiger partial charge in [0.05, 0.1) is 18.2 Å². The van der Waals surface area contributed by atoms with Gasteiger partial charge in [-0.15, -0.1) is 10.2 Å². The van der Waals surface area contributed by atoms with Crippen LogP contribution in [-0.2, 0) is 15.3 Å². The van der Waals surface area contributed by atoms with Gasteiger partial charge in [-0.05, 0) is 66.1 Å². The Kier molecular flexibility index (Phi) is 9.28. The molecule has 3 aromatic carbocycles. The molecule has 0 aliphatic carbocycles. The largest absolute Gasteiger partial charge is 0.507 e. The summed E-state index contributed by atoms with van der Waals surface area (Å²) >= 11 is 2.49. The summed E-state index contributed by atoms with van der Waals surface area (Å²) in [6, 6.07) is 17.1. The maximum atomic E-state index is 13.6. The number of hydrogen-bond acceptors (Lipinski definition) is 8. The molecule has 216 valence electrons. The van der Waals surface area contributed by atoms with Gasteiger partial charge in [0.15, 0.2) is 4.34 Å². The monoisotopic (exact) mass is 607 g/mol. The number of ether oxygens (including phenoxy) is 1. The number of thioether (sulfide) groups is 1. The van der Waals surface area contributed by atoms with Crippen LogP contribution in [0.1, 0.15) is 48.9 Å². The minimum absolute atomic E-state index is 0.148. The average molecular weight is 608 g/mol. The molecule has 1 saturated heterocycles. The molecule has 1 atom stereocenters. The number of ketones is 1. The lowest BCUT2D eigenvalue weighted by Gasteiger charge is -2.23. The molecule has 1 aliphatic rings. The molecule has 0 bridgehead atoms. The van der Waals surface area contributed by atoms with Crippen molar-refractivity contribution in [2.75, 3.05) is 11.5 Å². The molecule has 2 heterocycles. The van der Waals surface area contributed by atoms with Crippen molar-refractivity contribution in [3.8, 4) is 5.75 Å². The van der Waals surface area contributed by atoms with Crippen molar-refractivity contribution >= 4 is 45.7 Å². The number of aliphatic hydroxyl groups is 1. The summed E-state index contributed by atoms with van der Waals surface area (Å²) in [4.78, 5) is 28.1. The normalized spacial score (nSPS) is 16.3. The fraction of sp³-hybridized carbons (Fsp3) is 0.226. The number of benzene rings is 3. The highest BCUT2D eigenvalue weighted by atomic mass is 32.2. The molecule has 1 unspecified atom stereocenters. The van der Waals surface area contributed by atoms with Crippen LogP contribution < -0.4 is 9.64 Å². The number of halogens is 2. The van der Waals surface area contributed by atoms with Crippen LogP contribution in [0.4, 0.5) is 13.9 Å². The predicted octanol–water partition coefficient (Wildman–Crippen LogP) is 7.30. The second kappa shape index (κ2) is 13.3. The Morgan fingerprint density at radius 3 is 2.43 bits per heavy atom. The van der Waals surface area contributed by atoms with Gasteiger partial charge >= 0.3 is 5.91 Å². The molecule has 1 aliphatic heterocycles. The van der Waals surface area contributed by atoms with Gasteiger partial charge in [0.2, 0.25) is 5.13 Å². The van der Waals surface area contributed by atoms with Gasteiger partial charge in [0.1, 0.15) is 23.1 Å². The van der Waals surface area contributed by atoms with Crippen LogP contribution in [0, 0.1) is 11.6 Å². The molecule has 0 radical (unpaired) electrons. The number of Topliss-reactive ketones (excluding diaryl/α,β-unsaturated/α-hetero) is 1. The smallest absolute Gasteiger partial charge is 0.301 e. The molecule has 42 heavy (non-hydrogen) atoms. The Balaban J connectivity index is 1.51. The molecular weight excluding hydrogens is 580 g/mol. The highest BCUT2D eigenvalue weighted by Crippen LogP contribution is 2.44. The van der Waals surface area contributed by atoms with Gasteiger partial charge in [-0.25, -0.2) is 8.78 Å². The summed E-state index contributed by atoms with van der Waals surface area (Å²) in [6.07, 6.45) is 2.95. The maximum absolute atomic E-state index is 13.6. The zero-order valence-electron chi connectivity index (χ0n) is 22.6. The SMILES string of the molecule is CCCCCOc1cccc(C2/C(=C(\O)c3ccc(F)cc3)C(=O)C(=O)N2c2nnc(SCc3ccc(F)cc3)s2)c1. The Labute approximate surface area is 249 Å². The number of carbonyl (C=O) groups is 2. The summed E-state index contributed by atoms with van der Waals surface area (Å²) in [5, 5.41) is 19.9. The minimum atomic E-state index is -1.03. The van der Waals surface area contributed by atoms with Crippen molar-refractivity contribution in [2.45, 2.75) is 42.3 Å². The first kappa shape index (κ1) is 29.4. The number of aliphatic hydroxyl groups excluding tert-OH is 1. The van der Waals surface area contributed by atoms with Gasteiger partial charge in [-0.2, -0.15) is 0 Å². The molecule has 1 N–H and O–H groups in total. The molecule has 1 aromatic heterocycles. The summed E-state index contributed by atoms with van der Waals surface area (Å²) in [5.74, 6) is -1.96. The van der Waals surface area contributed by atoms with E-state index in [1.165, 1.54) is 53.1 Å². The van der Waals surface area contributed by atoms with E-state index < -0.39 is 29.3 Å². The highest BCUT2D eigenvalue weighted by Gasteiger charge is 2.48. The fourth-order valence-electron chi connectivity index (χ4n) is 4.51. The zero-order valence-corrected chi connectivity index (χ0v) is 24.3. The van der Waals surface area contributed by atoms with Crippen molar-refractivity contribution in [1.29, 1.82) is 0 Å². The van der Waals surface area contributed by atoms with E-state index in [4.69, 9.17) is 4.74 Å². The lowest BCUT2D eigenvalue weighted by atomic mass is 9.95. The maximum Gasteiger partial charge on any atom is 0.301 e. The van der Waals surface area contributed by atoms with Crippen LogP contribution >= 0.6 is 23.1 Å². The lowest BCUT2D eigenvalue weighted by Crippen LogP contribution is -2.29. The number of unbranched alkanes of at least 4 members (excludes halogenated alkanes) is 2. The summed E-state index contributed by atoms with van der Waals surface area (Å²) < 4.78 is 33.3. The third kappa shape index (κ3) is 6.52. The van der Waals surface area contributed by atoms with Crippen LogP contribution in [0.15, 0.2) is 82.7 Å². The first-order valence-electron chi connectivity index (χ1n) is 13.4. The number of rotatable bonds is 11. The summed E-state index contributed by atoms with van der Waals surface area (Å²) in [7, 11) is 0. The van der Waals surface area contributed by atoms with Gasteiger partial charge in [-0.1, -0.05) is 67.1 Å². The lowest BCUT2D eigenvalue weighted by molar-refractivity contribution is -0.132. The van der Waals surface area contributed by atoms with E-state index in [1.54, 1.807) is 36.4 Å². The third-order valence-electron chi connectivity index (χ3n) is 6.63. The van der Waals surface area contributed by atoms with E-state index >= 15 is 0 Å². The summed E-state index contributed by atoms with van der Waals surface area (Å²) in [5.41, 5.74) is 1.46. The number of carbonyl (C=O) groups excluding carboxylic acids is 2. The van der Waals surface area contributed by atoms with E-state index in [2.05, 4.69) is 17.1 Å². The second-order valence-electron chi connectivity index (χ2n) is 9.57. The Morgan fingerprint density at radius 2 is 1.71 bits per heavy atom. The van der Waals surface area contributed by atoms with Crippen LogP contribution in [0.25, 0.3) is 5.76 Å². The van der Waals surface area contributed by atoms with Crippen LogP contribution in [-0.4, -0.2) is 33.6 Å². The van der Waals surface area contributed by atoms with Gasteiger partial charge < -0.3 is 9.84 Å². The van der Waals surface area contributed by atoms with Gasteiger partial charge in [-0.3, -0.25) is 14.5 Å². The van der Waals surface area contributed by atoms with Crippen molar-refractivity contribution in [3.05, 3.63) is 107 Å². The highest BCUT2D eigenvalue weighted by molar-refractivity contribution is 8.00. The Hall–Kier alpha value is -4.09. The molecule has 0 saturated carbocycles. The molecule has 5 rings (SSSR count). The predicted molar refractivity (Wildman–Crippen MR) is 159 cm³/mol.